The molecule has 0 spiro atoms. The fraction of sp³-hybridized carbons (Fsp3) is 0.400. The quantitative estimate of drug-likeness (QED) is 0.848. The predicted molar refractivity (Wildman–Crippen MR) is 81.5 cm³/mol. The lowest BCUT2D eigenvalue weighted by atomic mass is 10.2. The number of thioether (sulfide) groups is 1. The van der Waals surface area contributed by atoms with Gasteiger partial charge in [-0.15, -0.1) is 11.8 Å². The number of nitrogens with zero attached hydrogens (tertiary/aromatic N) is 1. The van der Waals surface area contributed by atoms with Crippen molar-refractivity contribution in [2.75, 3.05) is 6.54 Å². The normalized spacial score (nSPS) is 22.3. The highest BCUT2D eigenvalue weighted by molar-refractivity contribution is 8.02. The average molecular weight is 306 g/mol. The monoisotopic (exact) mass is 306 g/mol. The summed E-state index contributed by atoms with van der Waals surface area (Å²) in [6.07, 6.45) is 0. The van der Waals surface area contributed by atoms with Crippen LogP contribution in [0.2, 0.25) is 0 Å². The van der Waals surface area contributed by atoms with E-state index in [-0.39, 0.29) is 34.8 Å². The summed E-state index contributed by atoms with van der Waals surface area (Å²) >= 11 is 1.33. The highest BCUT2D eigenvalue weighted by Crippen LogP contribution is 2.26. The zero-order valence-corrected chi connectivity index (χ0v) is 12.9. The van der Waals surface area contributed by atoms with Gasteiger partial charge in [0.25, 0.3) is 0 Å². The number of carbonyl (C=O) groups excluding carboxylic acids is 3. The fourth-order valence-corrected chi connectivity index (χ4v) is 3.22. The standard InChI is InChI=1S/C15H18N2O3S/c1-10-14(19)17(15(20)11(2)21-10)9-13(18)16-8-12-6-4-3-5-7-12/h3-7,10-11H,8-9H2,1-2H3,(H,16,18)/t10-,11-/m1/s1. The van der Waals surface area contributed by atoms with Crippen molar-refractivity contribution < 1.29 is 14.4 Å². The third-order valence-electron chi connectivity index (χ3n) is 3.27. The van der Waals surface area contributed by atoms with Crippen LogP contribution < -0.4 is 5.32 Å². The first-order valence-corrected chi connectivity index (χ1v) is 7.74. The Morgan fingerprint density at radius 1 is 1.14 bits per heavy atom. The molecule has 0 aliphatic carbocycles. The molecule has 5 nitrogen and oxygen atoms in total. The number of rotatable bonds is 4. The molecule has 0 bridgehead atoms. The van der Waals surface area contributed by atoms with Gasteiger partial charge >= 0.3 is 0 Å². The minimum atomic E-state index is -0.327. The third kappa shape index (κ3) is 3.85. The Hall–Kier alpha value is -1.82. The van der Waals surface area contributed by atoms with E-state index >= 15 is 0 Å². The van der Waals surface area contributed by atoms with Gasteiger partial charge in [-0.3, -0.25) is 19.3 Å². The molecule has 0 unspecified atom stereocenters. The van der Waals surface area contributed by atoms with E-state index in [0.717, 1.165) is 10.5 Å². The topological polar surface area (TPSA) is 66.5 Å². The number of imide groups is 1. The second-order valence-corrected chi connectivity index (χ2v) is 6.63. The van der Waals surface area contributed by atoms with Gasteiger partial charge in [0, 0.05) is 6.54 Å². The maximum atomic E-state index is 12.0. The Bertz CT molecular complexity index is 527. The zero-order valence-electron chi connectivity index (χ0n) is 12.0. The first-order chi connectivity index (χ1) is 9.99. The largest absolute Gasteiger partial charge is 0.350 e. The number of amides is 3. The van der Waals surface area contributed by atoms with Crippen LogP contribution in [0.25, 0.3) is 0 Å². The van der Waals surface area contributed by atoms with Crippen molar-refractivity contribution in [3.63, 3.8) is 0 Å². The summed E-state index contributed by atoms with van der Waals surface area (Å²) in [5.41, 5.74) is 0.972. The van der Waals surface area contributed by atoms with Crippen molar-refractivity contribution in [2.45, 2.75) is 30.9 Å². The van der Waals surface area contributed by atoms with E-state index in [0.29, 0.717) is 6.54 Å². The van der Waals surface area contributed by atoms with Crippen LogP contribution in [0.3, 0.4) is 0 Å². The molecule has 2 rings (SSSR count). The van der Waals surface area contributed by atoms with Crippen LogP contribution in [-0.4, -0.2) is 39.7 Å². The summed E-state index contributed by atoms with van der Waals surface area (Å²) in [7, 11) is 0. The molecule has 0 radical (unpaired) electrons. The number of carbonyl (C=O) groups is 3. The Kier molecular flexibility index (Phi) is 5.01. The van der Waals surface area contributed by atoms with E-state index < -0.39 is 0 Å². The van der Waals surface area contributed by atoms with Gasteiger partial charge in [0.2, 0.25) is 17.7 Å². The molecule has 21 heavy (non-hydrogen) atoms. The Morgan fingerprint density at radius 2 is 1.71 bits per heavy atom. The van der Waals surface area contributed by atoms with Crippen molar-refractivity contribution in [1.29, 1.82) is 0 Å². The van der Waals surface area contributed by atoms with E-state index in [1.165, 1.54) is 11.8 Å². The molecule has 1 aromatic rings. The SMILES string of the molecule is C[C@H]1S[C@H](C)C(=O)N(CC(=O)NCc2ccccc2)C1=O. The summed E-state index contributed by atoms with van der Waals surface area (Å²) < 4.78 is 0. The van der Waals surface area contributed by atoms with Crippen LogP contribution in [0.5, 0.6) is 0 Å². The van der Waals surface area contributed by atoms with Crippen LogP contribution in [0.4, 0.5) is 0 Å². The van der Waals surface area contributed by atoms with Gasteiger partial charge in [-0.05, 0) is 19.4 Å². The summed E-state index contributed by atoms with van der Waals surface area (Å²) in [5.74, 6) is -0.914. The molecule has 0 aromatic heterocycles. The first-order valence-electron chi connectivity index (χ1n) is 6.80. The Labute approximate surface area is 128 Å². The van der Waals surface area contributed by atoms with Gasteiger partial charge in [-0.1, -0.05) is 30.3 Å². The van der Waals surface area contributed by atoms with Gasteiger partial charge in [-0.25, -0.2) is 0 Å². The van der Waals surface area contributed by atoms with Crippen LogP contribution in [0.15, 0.2) is 30.3 Å². The minimum Gasteiger partial charge on any atom is -0.350 e. The van der Waals surface area contributed by atoms with Gasteiger partial charge in [0.05, 0.1) is 10.5 Å². The maximum Gasteiger partial charge on any atom is 0.242 e. The van der Waals surface area contributed by atoms with Gasteiger partial charge < -0.3 is 5.32 Å². The highest BCUT2D eigenvalue weighted by atomic mass is 32.2. The van der Waals surface area contributed by atoms with Gasteiger partial charge in [-0.2, -0.15) is 0 Å². The zero-order chi connectivity index (χ0) is 15.4. The van der Waals surface area contributed by atoms with Crippen molar-refractivity contribution in [1.82, 2.24) is 10.2 Å². The van der Waals surface area contributed by atoms with Crippen LogP contribution in [-0.2, 0) is 20.9 Å². The van der Waals surface area contributed by atoms with E-state index in [2.05, 4.69) is 5.32 Å². The lowest BCUT2D eigenvalue weighted by Gasteiger charge is -2.31. The molecule has 6 heteroatoms. The second-order valence-electron chi connectivity index (χ2n) is 4.95. The van der Waals surface area contributed by atoms with Gasteiger partial charge in [0.1, 0.15) is 6.54 Å². The fourth-order valence-electron chi connectivity index (χ4n) is 2.12. The molecule has 1 aliphatic rings. The molecule has 3 amide bonds. The summed E-state index contributed by atoms with van der Waals surface area (Å²) in [4.78, 5) is 37.0. The van der Waals surface area contributed by atoms with Gasteiger partial charge in [0.15, 0.2) is 0 Å². The average Bonchev–Trinajstić information content (AvgIpc) is 2.48. The minimum absolute atomic E-state index is 0.209. The summed E-state index contributed by atoms with van der Waals surface area (Å²) in [5, 5.41) is 2.14. The van der Waals surface area contributed by atoms with Crippen LogP contribution in [0, 0.1) is 0 Å². The number of hydrogen-bond acceptors (Lipinski definition) is 4. The molecular formula is C15H18N2O3S. The smallest absolute Gasteiger partial charge is 0.242 e. The number of hydrogen-bond donors (Lipinski definition) is 1. The Balaban J connectivity index is 1.92. The number of benzene rings is 1. The van der Waals surface area contributed by atoms with E-state index in [9.17, 15) is 14.4 Å². The van der Waals surface area contributed by atoms with Crippen molar-refractivity contribution in [3.05, 3.63) is 35.9 Å². The highest BCUT2D eigenvalue weighted by Gasteiger charge is 2.37. The maximum absolute atomic E-state index is 12.0. The second kappa shape index (κ2) is 6.76. The Morgan fingerprint density at radius 3 is 2.29 bits per heavy atom. The molecule has 1 aliphatic heterocycles. The van der Waals surface area contributed by atoms with Crippen LogP contribution in [0.1, 0.15) is 19.4 Å². The molecule has 1 N–H and O–H groups in total. The van der Waals surface area contributed by atoms with E-state index in [1.54, 1.807) is 13.8 Å². The third-order valence-corrected chi connectivity index (χ3v) is 4.49. The molecular weight excluding hydrogens is 288 g/mol. The molecule has 1 fully saturated rings. The molecule has 0 saturated carbocycles. The lowest BCUT2D eigenvalue weighted by molar-refractivity contribution is -0.147. The van der Waals surface area contributed by atoms with Crippen molar-refractivity contribution in [3.8, 4) is 0 Å². The molecule has 1 saturated heterocycles. The summed E-state index contributed by atoms with van der Waals surface area (Å²) in [6, 6.07) is 9.48. The van der Waals surface area contributed by atoms with Crippen molar-refractivity contribution in [2.24, 2.45) is 0 Å². The first kappa shape index (κ1) is 15.6. The molecule has 2 atom stereocenters. The predicted octanol–water partition coefficient (Wildman–Crippen LogP) is 1.18. The summed E-state index contributed by atoms with van der Waals surface area (Å²) in [6.45, 7) is 3.69. The van der Waals surface area contributed by atoms with Crippen molar-refractivity contribution >= 4 is 29.5 Å². The number of nitrogens with one attached hydrogen (secondary N) is 1. The van der Waals surface area contributed by atoms with E-state index in [4.69, 9.17) is 0 Å². The molecule has 1 aromatic carbocycles. The lowest BCUT2D eigenvalue weighted by Crippen LogP contribution is -2.53. The van der Waals surface area contributed by atoms with Crippen LogP contribution >= 0.6 is 11.8 Å². The molecule has 1 heterocycles. The van der Waals surface area contributed by atoms with E-state index in [1.807, 2.05) is 30.3 Å². The molecule has 112 valence electrons.